The summed E-state index contributed by atoms with van der Waals surface area (Å²) in [5, 5.41) is 0. The van der Waals surface area contributed by atoms with Crippen LogP contribution in [0.15, 0.2) is 18.2 Å². The number of fused-ring (bicyclic) bond motifs is 2. The fourth-order valence-electron chi connectivity index (χ4n) is 3.71. The van der Waals surface area contributed by atoms with E-state index in [1.165, 1.54) is 18.4 Å². The quantitative estimate of drug-likeness (QED) is 0.829. The van der Waals surface area contributed by atoms with Crippen molar-refractivity contribution >= 4 is 0 Å². The zero-order valence-corrected chi connectivity index (χ0v) is 11.9. The predicted molar refractivity (Wildman–Crippen MR) is 74.9 cm³/mol. The normalized spacial score (nSPS) is 32.4. The summed E-state index contributed by atoms with van der Waals surface area (Å²) in [6.45, 7) is 5.82. The van der Waals surface area contributed by atoms with Crippen LogP contribution in [0.4, 0.5) is 0 Å². The molecule has 3 aliphatic heterocycles. The molecule has 1 aromatic carbocycles. The molecule has 0 unspecified atom stereocenters. The highest BCUT2D eigenvalue weighted by atomic mass is 16.7. The van der Waals surface area contributed by atoms with Crippen LogP contribution in [-0.4, -0.2) is 37.0 Å². The molecule has 108 valence electrons. The molecule has 20 heavy (non-hydrogen) atoms. The Morgan fingerprint density at radius 3 is 3.10 bits per heavy atom. The Morgan fingerprint density at radius 2 is 2.15 bits per heavy atom. The zero-order chi connectivity index (χ0) is 13.5. The van der Waals surface area contributed by atoms with Crippen LogP contribution < -0.4 is 9.47 Å². The van der Waals surface area contributed by atoms with Crippen molar-refractivity contribution < 1.29 is 14.2 Å². The summed E-state index contributed by atoms with van der Waals surface area (Å²) in [6.07, 6.45) is 3.32. The van der Waals surface area contributed by atoms with Gasteiger partial charge in [0.05, 0.1) is 12.2 Å². The van der Waals surface area contributed by atoms with Crippen LogP contribution in [-0.2, 0) is 11.3 Å². The lowest BCUT2D eigenvalue weighted by molar-refractivity contribution is 0.00583. The number of rotatable bonds is 2. The highest BCUT2D eigenvalue weighted by Crippen LogP contribution is 2.35. The van der Waals surface area contributed by atoms with Crippen LogP contribution in [0.3, 0.4) is 0 Å². The molecule has 1 aromatic rings. The third-order valence-corrected chi connectivity index (χ3v) is 4.63. The molecule has 0 saturated carbocycles. The molecule has 0 aliphatic carbocycles. The summed E-state index contributed by atoms with van der Waals surface area (Å²) in [4.78, 5) is 2.54. The lowest BCUT2D eigenvalue weighted by atomic mass is 9.93. The van der Waals surface area contributed by atoms with Crippen molar-refractivity contribution in [3.63, 3.8) is 0 Å². The molecule has 0 aromatic heterocycles. The first-order chi connectivity index (χ1) is 9.78. The lowest BCUT2D eigenvalue weighted by Crippen LogP contribution is -2.40. The van der Waals surface area contributed by atoms with Gasteiger partial charge in [0.2, 0.25) is 6.79 Å². The minimum absolute atomic E-state index is 0.349. The largest absolute Gasteiger partial charge is 0.454 e. The van der Waals surface area contributed by atoms with Gasteiger partial charge >= 0.3 is 0 Å². The SMILES string of the molecule is C[C@H]1C[C@H]2CN(Cc3ccc4c(c3)OCO4)CC[C@H]2O1. The van der Waals surface area contributed by atoms with E-state index in [9.17, 15) is 0 Å². The molecule has 3 atom stereocenters. The van der Waals surface area contributed by atoms with Crippen LogP contribution >= 0.6 is 0 Å². The average molecular weight is 275 g/mol. The Bertz CT molecular complexity index is 504. The van der Waals surface area contributed by atoms with Gasteiger partial charge in [-0.3, -0.25) is 4.90 Å². The van der Waals surface area contributed by atoms with Crippen molar-refractivity contribution in [2.24, 2.45) is 5.92 Å². The molecule has 0 radical (unpaired) electrons. The van der Waals surface area contributed by atoms with Crippen LogP contribution in [0.5, 0.6) is 11.5 Å². The van der Waals surface area contributed by atoms with Crippen molar-refractivity contribution in [1.29, 1.82) is 0 Å². The smallest absolute Gasteiger partial charge is 0.231 e. The maximum absolute atomic E-state index is 5.96. The molecule has 0 N–H and O–H groups in total. The van der Waals surface area contributed by atoms with Crippen LogP contribution in [0.1, 0.15) is 25.3 Å². The predicted octanol–water partition coefficient (Wildman–Crippen LogP) is 2.41. The average Bonchev–Trinajstić information content (AvgIpc) is 3.02. The van der Waals surface area contributed by atoms with E-state index in [0.717, 1.165) is 31.1 Å². The molecule has 2 fully saturated rings. The van der Waals surface area contributed by atoms with Gasteiger partial charge in [-0.05, 0) is 37.5 Å². The van der Waals surface area contributed by atoms with Gasteiger partial charge in [-0.2, -0.15) is 0 Å². The summed E-state index contributed by atoms with van der Waals surface area (Å²) < 4.78 is 16.8. The molecule has 2 saturated heterocycles. The minimum atomic E-state index is 0.349. The maximum Gasteiger partial charge on any atom is 0.231 e. The van der Waals surface area contributed by atoms with Gasteiger partial charge in [0.15, 0.2) is 11.5 Å². The van der Waals surface area contributed by atoms with Crippen LogP contribution in [0.2, 0.25) is 0 Å². The molecule has 4 nitrogen and oxygen atoms in total. The Hall–Kier alpha value is -1.26. The molecular formula is C16H21NO3. The lowest BCUT2D eigenvalue weighted by Gasteiger charge is -2.34. The first-order valence-electron chi connectivity index (χ1n) is 7.54. The molecule has 4 rings (SSSR count). The Morgan fingerprint density at radius 1 is 1.25 bits per heavy atom. The highest BCUT2D eigenvalue weighted by molar-refractivity contribution is 5.44. The van der Waals surface area contributed by atoms with Gasteiger partial charge < -0.3 is 14.2 Å². The number of ether oxygens (including phenoxy) is 3. The van der Waals surface area contributed by atoms with Crippen LogP contribution in [0.25, 0.3) is 0 Å². The van der Waals surface area contributed by atoms with Gasteiger partial charge in [-0.25, -0.2) is 0 Å². The molecule has 0 spiro atoms. The van der Waals surface area contributed by atoms with Crippen molar-refractivity contribution in [2.75, 3.05) is 19.9 Å². The number of hydrogen-bond donors (Lipinski definition) is 0. The molecule has 0 bridgehead atoms. The number of hydrogen-bond acceptors (Lipinski definition) is 4. The van der Waals surface area contributed by atoms with E-state index >= 15 is 0 Å². The van der Waals surface area contributed by atoms with E-state index in [4.69, 9.17) is 14.2 Å². The van der Waals surface area contributed by atoms with E-state index in [-0.39, 0.29) is 0 Å². The third-order valence-electron chi connectivity index (χ3n) is 4.63. The summed E-state index contributed by atoms with van der Waals surface area (Å²) in [6, 6.07) is 6.28. The van der Waals surface area contributed by atoms with E-state index < -0.39 is 0 Å². The number of piperidine rings is 1. The van der Waals surface area contributed by atoms with Gasteiger partial charge in [0.25, 0.3) is 0 Å². The first kappa shape index (κ1) is 12.5. The minimum Gasteiger partial charge on any atom is -0.454 e. The molecule has 0 amide bonds. The Labute approximate surface area is 119 Å². The Kier molecular flexibility index (Phi) is 3.08. The fourth-order valence-corrected chi connectivity index (χ4v) is 3.71. The molecular weight excluding hydrogens is 254 g/mol. The zero-order valence-electron chi connectivity index (χ0n) is 11.9. The van der Waals surface area contributed by atoms with Gasteiger partial charge in [0.1, 0.15) is 0 Å². The van der Waals surface area contributed by atoms with E-state index in [1.54, 1.807) is 0 Å². The van der Waals surface area contributed by atoms with Gasteiger partial charge in [-0.1, -0.05) is 6.07 Å². The summed E-state index contributed by atoms with van der Waals surface area (Å²) in [7, 11) is 0. The van der Waals surface area contributed by atoms with E-state index in [2.05, 4.69) is 24.0 Å². The van der Waals surface area contributed by atoms with Crippen molar-refractivity contribution in [1.82, 2.24) is 4.90 Å². The summed E-state index contributed by atoms with van der Waals surface area (Å²) in [5.41, 5.74) is 1.31. The van der Waals surface area contributed by atoms with Gasteiger partial charge in [-0.15, -0.1) is 0 Å². The molecule has 3 aliphatic rings. The Balaban J connectivity index is 1.42. The van der Waals surface area contributed by atoms with E-state index in [0.29, 0.717) is 24.9 Å². The number of benzene rings is 1. The summed E-state index contributed by atoms with van der Waals surface area (Å²) >= 11 is 0. The maximum atomic E-state index is 5.96. The van der Waals surface area contributed by atoms with Crippen molar-refractivity contribution in [2.45, 2.75) is 38.5 Å². The van der Waals surface area contributed by atoms with Gasteiger partial charge in [0, 0.05) is 25.6 Å². The topological polar surface area (TPSA) is 30.9 Å². The third kappa shape index (κ3) is 2.27. The standard InChI is InChI=1S/C16H21NO3/c1-11-6-13-9-17(5-4-14(13)20-11)8-12-2-3-15-16(7-12)19-10-18-15/h2-3,7,11,13-14H,4-6,8-10H2,1H3/t11-,13-,14+/m0/s1. The second kappa shape index (κ2) is 4.93. The summed E-state index contributed by atoms with van der Waals surface area (Å²) in [5.74, 6) is 2.47. The number of nitrogens with zero attached hydrogens (tertiary/aromatic N) is 1. The van der Waals surface area contributed by atoms with Crippen molar-refractivity contribution in [3.05, 3.63) is 23.8 Å². The fraction of sp³-hybridized carbons (Fsp3) is 0.625. The second-order valence-corrected chi connectivity index (χ2v) is 6.19. The monoisotopic (exact) mass is 275 g/mol. The first-order valence-corrected chi connectivity index (χ1v) is 7.54. The number of likely N-dealkylation sites (tertiary alicyclic amines) is 1. The second-order valence-electron chi connectivity index (χ2n) is 6.19. The van der Waals surface area contributed by atoms with Crippen LogP contribution in [0, 0.1) is 5.92 Å². The molecule has 4 heteroatoms. The van der Waals surface area contributed by atoms with E-state index in [1.807, 2.05) is 6.07 Å². The molecule has 3 heterocycles. The highest BCUT2D eigenvalue weighted by Gasteiger charge is 2.37. The van der Waals surface area contributed by atoms with Crippen molar-refractivity contribution in [3.8, 4) is 11.5 Å².